The van der Waals surface area contributed by atoms with E-state index in [4.69, 9.17) is 9.47 Å². The Morgan fingerprint density at radius 3 is 3.13 bits per heavy atom. The largest absolute Gasteiger partial charge is 0.490 e. The van der Waals surface area contributed by atoms with E-state index in [2.05, 4.69) is 17.5 Å². The van der Waals surface area contributed by atoms with Crippen LogP contribution in [0.3, 0.4) is 0 Å². The number of benzene rings is 1. The van der Waals surface area contributed by atoms with Crippen LogP contribution in [0.1, 0.15) is 31.4 Å². The Bertz CT molecular complexity index is 713. The summed E-state index contributed by atoms with van der Waals surface area (Å²) >= 11 is 0. The second kappa shape index (κ2) is 4.52. The first kappa shape index (κ1) is 13.9. The highest BCUT2D eigenvalue weighted by molar-refractivity contribution is 5.62. The number of aliphatic hydroxyl groups is 1. The van der Waals surface area contributed by atoms with Crippen molar-refractivity contribution in [2.24, 2.45) is 5.92 Å². The molecule has 23 heavy (non-hydrogen) atoms. The molecule has 2 heterocycles. The van der Waals surface area contributed by atoms with Crippen molar-refractivity contribution in [2.75, 3.05) is 13.2 Å². The van der Waals surface area contributed by atoms with Gasteiger partial charge in [-0.1, -0.05) is 12.1 Å². The normalized spacial score (nSPS) is 39.3. The SMILES string of the molecule is CCOc1ccc2c3c1O[C@H]1[C@@H](O)C(C)=C[C@H]4[C@@H](C2)NCC[C@@]341. The summed E-state index contributed by atoms with van der Waals surface area (Å²) in [6.45, 7) is 5.63. The molecule has 0 amide bonds. The monoisotopic (exact) mass is 313 g/mol. The van der Waals surface area contributed by atoms with Gasteiger partial charge < -0.3 is 19.9 Å². The summed E-state index contributed by atoms with van der Waals surface area (Å²) in [7, 11) is 0. The highest BCUT2D eigenvalue weighted by Crippen LogP contribution is 2.62. The minimum Gasteiger partial charge on any atom is -0.490 e. The Kier molecular flexibility index (Phi) is 2.73. The second-order valence-corrected chi connectivity index (χ2v) is 7.33. The van der Waals surface area contributed by atoms with Crippen molar-refractivity contribution in [3.8, 4) is 11.5 Å². The number of hydrogen-bond donors (Lipinski definition) is 2. The van der Waals surface area contributed by atoms with Crippen LogP contribution in [0.25, 0.3) is 0 Å². The first-order chi connectivity index (χ1) is 11.2. The number of piperidine rings is 1. The van der Waals surface area contributed by atoms with Gasteiger partial charge in [-0.2, -0.15) is 0 Å². The van der Waals surface area contributed by atoms with Gasteiger partial charge in [0.25, 0.3) is 0 Å². The van der Waals surface area contributed by atoms with Gasteiger partial charge in [-0.05, 0) is 50.4 Å². The molecule has 4 aliphatic rings. The van der Waals surface area contributed by atoms with Crippen LogP contribution in [-0.4, -0.2) is 36.5 Å². The molecule has 1 spiro atoms. The molecule has 4 nitrogen and oxygen atoms in total. The van der Waals surface area contributed by atoms with E-state index in [-0.39, 0.29) is 11.5 Å². The Labute approximate surface area is 136 Å². The van der Waals surface area contributed by atoms with Crippen molar-refractivity contribution >= 4 is 0 Å². The van der Waals surface area contributed by atoms with Gasteiger partial charge in [0, 0.05) is 22.9 Å². The van der Waals surface area contributed by atoms with Crippen molar-refractivity contribution in [3.05, 3.63) is 34.9 Å². The number of nitrogens with one attached hydrogen (secondary N) is 1. The lowest BCUT2D eigenvalue weighted by Crippen LogP contribution is -2.65. The van der Waals surface area contributed by atoms with Crippen molar-refractivity contribution in [1.82, 2.24) is 5.32 Å². The zero-order valence-electron chi connectivity index (χ0n) is 13.6. The highest BCUT2D eigenvalue weighted by atomic mass is 16.5. The van der Waals surface area contributed by atoms with Crippen LogP contribution in [0.2, 0.25) is 0 Å². The minimum atomic E-state index is -0.530. The lowest BCUT2D eigenvalue weighted by atomic mass is 9.53. The Hall–Kier alpha value is -1.52. The van der Waals surface area contributed by atoms with E-state index in [1.54, 1.807) is 0 Å². The predicted molar refractivity (Wildman–Crippen MR) is 87.1 cm³/mol. The molecule has 0 saturated carbocycles. The van der Waals surface area contributed by atoms with Crippen molar-refractivity contribution in [2.45, 2.75) is 50.4 Å². The number of aliphatic hydroxyl groups excluding tert-OH is 1. The maximum absolute atomic E-state index is 10.8. The van der Waals surface area contributed by atoms with Gasteiger partial charge in [0.1, 0.15) is 12.2 Å². The molecule has 4 heteroatoms. The third-order valence-corrected chi connectivity index (χ3v) is 6.33. The zero-order valence-corrected chi connectivity index (χ0v) is 13.6. The molecule has 122 valence electrons. The molecule has 2 aliphatic heterocycles. The minimum absolute atomic E-state index is 0.0924. The summed E-state index contributed by atoms with van der Waals surface area (Å²) in [6.07, 6.45) is 3.62. The summed E-state index contributed by atoms with van der Waals surface area (Å²) in [6, 6.07) is 4.67. The summed E-state index contributed by atoms with van der Waals surface area (Å²) in [5, 5.41) is 14.5. The maximum Gasteiger partial charge on any atom is 0.165 e. The fourth-order valence-electron chi connectivity index (χ4n) is 5.45. The molecular formula is C19H23NO3. The molecule has 1 aromatic rings. The van der Waals surface area contributed by atoms with Crippen LogP contribution >= 0.6 is 0 Å². The average molecular weight is 313 g/mol. The van der Waals surface area contributed by atoms with Gasteiger partial charge in [-0.25, -0.2) is 0 Å². The number of ether oxygens (including phenoxy) is 2. The smallest absolute Gasteiger partial charge is 0.165 e. The van der Waals surface area contributed by atoms with Crippen LogP contribution in [-0.2, 0) is 11.8 Å². The molecular weight excluding hydrogens is 290 g/mol. The molecule has 5 rings (SSSR count). The molecule has 1 fully saturated rings. The average Bonchev–Trinajstić information content (AvgIpc) is 2.87. The van der Waals surface area contributed by atoms with Gasteiger partial charge >= 0.3 is 0 Å². The molecule has 0 radical (unpaired) electrons. The van der Waals surface area contributed by atoms with E-state index in [9.17, 15) is 5.11 Å². The van der Waals surface area contributed by atoms with Crippen molar-refractivity contribution < 1.29 is 14.6 Å². The topological polar surface area (TPSA) is 50.7 Å². The van der Waals surface area contributed by atoms with Gasteiger partial charge in [0.15, 0.2) is 11.5 Å². The standard InChI is InChI=1S/C19H23NO3/c1-3-22-14-5-4-11-9-13-12-8-10(2)16(21)18-19(12,6-7-20-13)15(11)17(14)23-18/h4-5,8,12-13,16,18,20-21H,3,6-7,9H2,1-2H3/t12-,13+,16-,18-,19-/m0/s1. The van der Waals surface area contributed by atoms with Gasteiger partial charge in [-0.3, -0.25) is 0 Å². The van der Waals surface area contributed by atoms with E-state index in [1.165, 1.54) is 11.1 Å². The first-order valence-corrected chi connectivity index (χ1v) is 8.72. The second-order valence-electron chi connectivity index (χ2n) is 7.33. The summed E-state index contributed by atoms with van der Waals surface area (Å²) in [5.41, 5.74) is 3.63. The molecule has 0 aromatic heterocycles. The van der Waals surface area contributed by atoms with E-state index < -0.39 is 6.10 Å². The molecule has 2 aliphatic carbocycles. The molecule has 1 aromatic carbocycles. The van der Waals surface area contributed by atoms with Gasteiger partial charge in [0.05, 0.1) is 6.61 Å². The summed E-state index contributed by atoms with van der Waals surface area (Å²) < 4.78 is 12.2. The first-order valence-electron chi connectivity index (χ1n) is 8.72. The lowest BCUT2D eigenvalue weighted by molar-refractivity contribution is -0.0239. The van der Waals surface area contributed by atoms with Crippen molar-refractivity contribution in [1.29, 1.82) is 0 Å². The number of rotatable bonds is 2. The number of hydrogen-bond acceptors (Lipinski definition) is 4. The maximum atomic E-state index is 10.8. The van der Waals surface area contributed by atoms with E-state index >= 15 is 0 Å². The third kappa shape index (κ3) is 1.54. The van der Waals surface area contributed by atoms with Crippen LogP contribution in [0.5, 0.6) is 11.5 Å². The molecule has 2 N–H and O–H groups in total. The highest BCUT2D eigenvalue weighted by Gasteiger charge is 2.64. The quantitative estimate of drug-likeness (QED) is 0.819. The lowest BCUT2D eigenvalue weighted by Gasteiger charge is -2.54. The molecule has 5 atom stereocenters. The Morgan fingerprint density at radius 1 is 1.43 bits per heavy atom. The van der Waals surface area contributed by atoms with Crippen LogP contribution in [0.4, 0.5) is 0 Å². The van der Waals surface area contributed by atoms with Gasteiger partial charge in [0.2, 0.25) is 0 Å². The Balaban J connectivity index is 1.79. The van der Waals surface area contributed by atoms with Crippen molar-refractivity contribution in [3.63, 3.8) is 0 Å². The third-order valence-electron chi connectivity index (χ3n) is 6.33. The van der Waals surface area contributed by atoms with E-state index in [0.717, 1.165) is 36.5 Å². The van der Waals surface area contributed by atoms with Crippen LogP contribution < -0.4 is 14.8 Å². The van der Waals surface area contributed by atoms with E-state index in [0.29, 0.717) is 18.6 Å². The fraction of sp³-hybridized carbons (Fsp3) is 0.579. The Morgan fingerprint density at radius 2 is 2.30 bits per heavy atom. The summed E-state index contributed by atoms with van der Waals surface area (Å²) in [5.74, 6) is 2.12. The van der Waals surface area contributed by atoms with Crippen LogP contribution in [0.15, 0.2) is 23.8 Å². The molecule has 0 unspecified atom stereocenters. The fourth-order valence-corrected chi connectivity index (χ4v) is 5.45. The summed E-state index contributed by atoms with van der Waals surface area (Å²) in [4.78, 5) is 0. The van der Waals surface area contributed by atoms with E-state index in [1.807, 2.05) is 19.9 Å². The molecule has 1 saturated heterocycles. The van der Waals surface area contributed by atoms with Gasteiger partial charge in [-0.15, -0.1) is 0 Å². The predicted octanol–water partition coefficient (Wildman–Crippen LogP) is 1.94. The van der Waals surface area contributed by atoms with Crippen LogP contribution in [0, 0.1) is 5.92 Å². The molecule has 2 bridgehead atoms. The zero-order chi connectivity index (χ0) is 15.8.